The summed E-state index contributed by atoms with van der Waals surface area (Å²) in [6.07, 6.45) is 0.790. The lowest BCUT2D eigenvalue weighted by molar-refractivity contribution is 0.400. The van der Waals surface area contributed by atoms with Gasteiger partial charge in [0, 0.05) is 12.5 Å². The second kappa shape index (κ2) is 6.78. The molecule has 0 aromatic heterocycles. The van der Waals surface area contributed by atoms with Gasteiger partial charge in [-0.3, -0.25) is 0 Å². The molecule has 0 fully saturated rings. The third-order valence-electron chi connectivity index (χ3n) is 4.25. The van der Waals surface area contributed by atoms with Crippen molar-refractivity contribution < 1.29 is 10.2 Å². The summed E-state index contributed by atoms with van der Waals surface area (Å²) < 4.78 is 0. The highest BCUT2D eigenvalue weighted by Gasteiger charge is 2.28. The average Bonchev–Trinajstić information content (AvgIpc) is 2.74. The first kappa shape index (κ1) is 16.9. The fraction of sp³-hybridized carbons (Fsp3) is 0.294. The molecule has 5 heteroatoms. The van der Waals surface area contributed by atoms with Crippen LogP contribution in [0.2, 0.25) is 5.02 Å². The number of phenolic OH excluding ortho intramolecular Hbond substituents is 2. The molecule has 118 valence electrons. The Balaban J connectivity index is 0.00000176. The summed E-state index contributed by atoms with van der Waals surface area (Å²) in [6.45, 7) is 3.43. The Labute approximate surface area is 141 Å². The van der Waals surface area contributed by atoms with Crippen molar-refractivity contribution in [1.29, 1.82) is 0 Å². The monoisotopic (exact) mass is 339 g/mol. The molecule has 0 spiro atoms. The molecule has 3 rings (SSSR count). The predicted octanol–water partition coefficient (Wildman–Crippen LogP) is 3.76. The van der Waals surface area contributed by atoms with E-state index in [1.807, 2.05) is 25.1 Å². The molecule has 0 bridgehead atoms. The summed E-state index contributed by atoms with van der Waals surface area (Å²) in [4.78, 5) is 0. The molecule has 0 saturated carbocycles. The normalized spacial score (nSPS) is 17.3. The maximum Gasteiger partial charge on any atom is 0.177 e. The SMILES string of the molecule is Cc1c(O)c(O)c(Cl)c2c1CCNCC2c1ccccc1.Cl. The largest absolute Gasteiger partial charge is 0.504 e. The smallest absolute Gasteiger partial charge is 0.177 e. The highest BCUT2D eigenvalue weighted by Crippen LogP contribution is 2.46. The van der Waals surface area contributed by atoms with E-state index in [0.717, 1.165) is 41.8 Å². The summed E-state index contributed by atoms with van der Waals surface area (Å²) in [6, 6.07) is 10.1. The Hall–Kier alpha value is -1.42. The number of halogens is 2. The van der Waals surface area contributed by atoms with Gasteiger partial charge in [-0.2, -0.15) is 0 Å². The second-order valence-electron chi connectivity index (χ2n) is 5.45. The first-order chi connectivity index (χ1) is 10.1. The summed E-state index contributed by atoms with van der Waals surface area (Å²) in [7, 11) is 0. The van der Waals surface area contributed by atoms with E-state index in [1.165, 1.54) is 0 Å². The van der Waals surface area contributed by atoms with Crippen molar-refractivity contribution in [2.24, 2.45) is 0 Å². The van der Waals surface area contributed by atoms with Crippen LogP contribution in [0.3, 0.4) is 0 Å². The standard InChI is InChI=1S/C17H18ClNO2.ClH/c1-10-12-7-8-19-9-13(11-5-3-2-4-6-11)14(12)15(18)17(21)16(10)20;/h2-6,13,19-21H,7-9H2,1H3;1H. The van der Waals surface area contributed by atoms with Crippen molar-refractivity contribution in [3.8, 4) is 11.5 Å². The summed E-state index contributed by atoms with van der Waals surface area (Å²) >= 11 is 6.37. The van der Waals surface area contributed by atoms with Crippen molar-refractivity contribution in [2.75, 3.05) is 13.1 Å². The number of phenols is 2. The maximum atomic E-state index is 10.1. The minimum Gasteiger partial charge on any atom is -0.504 e. The van der Waals surface area contributed by atoms with Crippen molar-refractivity contribution in [1.82, 2.24) is 5.32 Å². The maximum absolute atomic E-state index is 10.1. The van der Waals surface area contributed by atoms with Gasteiger partial charge in [0.25, 0.3) is 0 Å². The topological polar surface area (TPSA) is 52.5 Å². The minimum atomic E-state index is -0.212. The van der Waals surface area contributed by atoms with E-state index >= 15 is 0 Å². The molecule has 3 N–H and O–H groups in total. The Morgan fingerprint density at radius 1 is 1.14 bits per heavy atom. The Morgan fingerprint density at radius 2 is 1.82 bits per heavy atom. The number of nitrogens with one attached hydrogen (secondary N) is 1. The summed E-state index contributed by atoms with van der Waals surface area (Å²) in [5.41, 5.74) is 3.84. The highest BCUT2D eigenvalue weighted by atomic mass is 35.5. The van der Waals surface area contributed by atoms with Gasteiger partial charge in [-0.25, -0.2) is 0 Å². The zero-order valence-corrected chi connectivity index (χ0v) is 13.8. The Morgan fingerprint density at radius 3 is 2.50 bits per heavy atom. The fourth-order valence-corrected chi connectivity index (χ4v) is 3.44. The lowest BCUT2D eigenvalue weighted by atomic mass is 9.85. The van der Waals surface area contributed by atoms with Gasteiger partial charge in [-0.1, -0.05) is 41.9 Å². The van der Waals surface area contributed by atoms with E-state index in [4.69, 9.17) is 11.6 Å². The molecule has 1 aliphatic heterocycles. The van der Waals surface area contributed by atoms with Crippen LogP contribution in [-0.4, -0.2) is 23.3 Å². The summed E-state index contributed by atoms with van der Waals surface area (Å²) in [5, 5.41) is 23.8. The van der Waals surface area contributed by atoms with Crippen molar-refractivity contribution in [3.63, 3.8) is 0 Å². The van der Waals surface area contributed by atoms with Crippen LogP contribution in [-0.2, 0) is 6.42 Å². The van der Waals surface area contributed by atoms with Gasteiger partial charge < -0.3 is 15.5 Å². The van der Waals surface area contributed by atoms with Crippen LogP contribution >= 0.6 is 24.0 Å². The average molecular weight is 340 g/mol. The molecule has 1 atom stereocenters. The van der Waals surface area contributed by atoms with E-state index in [0.29, 0.717) is 0 Å². The van der Waals surface area contributed by atoms with Crippen LogP contribution in [0.1, 0.15) is 28.2 Å². The Bertz CT molecular complexity index is 674. The van der Waals surface area contributed by atoms with Gasteiger partial charge in [0.2, 0.25) is 0 Å². The first-order valence-corrected chi connectivity index (χ1v) is 7.47. The quantitative estimate of drug-likeness (QED) is 0.693. The van der Waals surface area contributed by atoms with Gasteiger partial charge in [0.1, 0.15) is 0 Å². The molecule has 1 heterocycles. The molecule has 0 saturated heterocycles. The lowest BCUT2D eigenvalue weighted by Gasteiger charge is -2.22. The van der Waals surface area contributed by atoms with Crippen molar-refractivity contribution >= 4 is 24.0 Å². The molecule has 2 aromatic rings. The molecule has 0 amide bonds. The molecule has 1 aliphatic rings. The number of fused-ring (bicyclic) bond motifs is 1. The van der Waals surface area contributed by atoms with Crippen LogP contribution in [0, 0.1) is 6.92 Å². The minimum absolute atomic E-state index is 0. The zero-order chi connectivity index (χ0) is 15.0. The number of benzene rings is 2. The molecule has 1 unspecified atom stereocenters. The van der Waals surface area contributed by atoms with E-state index in [9.17, 15) is 10.2 Å². The van der Waals surface area contributed by atoms with Crippen LogP contribution < -0.4 is 5.32 Å². The Kier molecular flexibility index (Phi) is 5.22. The summed E-state index contributed by atoms with van der Waals surface area (Å²) in [5.74, 6) is -0.246. The van der Waals surface area contributed by atoms with E-state index in [2.05, 4.69) is 17.4 Å². The fourth-order valence-electron chi connectivity index (χ4n) is 3.10. The molecular formula is C17H19Cl2NO2. The number of hydrogen-bond donors (Lipinski definition) is 3. The zero-order valence-electron chi connectivity index (χ0n) is 12.3. The number of hydrogen-bond acceptors (Lipinski definition) is 3. The molecule has 22 heavy (non-hydrogen) atoms. The molecule has 3 nitrogen and oxygen atoms in total. The third-order valence-corrected chi connectivity index (χ3v) is 4.63. The molecule has 0 radical (unpaired) electrons. The second-order valence-corrected chi connectivity index (χ2v) is 5.82. The number of rotatable bonds is 1. The van der Waals surface area contributed by atoms with Gasteiger partial charge in [-0.05, 0) is 42.1 Å². The molecule has 2 aromatic carbocycles. The van der Waals surface area contributed by atoms with Gasteiger partial charge in [0.15, 0.2) is 11.5 Å². The lowest BCUT2D eigenvalue weighted by Crippen LogP contribution is -2.21. The van der Waals surface area contributed by atoms with Gasteiger partial charge in [-0.15, -0.1) is 12.4 Å². The van der Waals surface area contributed by atoms with Gasteiger partial charge in [0.05, 0.1) is 5.02 Å². The third kappa shape index (κ3) is 2.76. The molecular weight excluding hydrogens is 321 g/mol. The van der Waals surface area contributed by atoms with Crippen LogP contribution in [0.25, 0.3) is 0 Å². The van der Waals surface area contributed by atoms with Crippen molar-refractivity contribution in [2.45, 2.75) is 19.3 Å². The van der Waals surface area contributed by atoms with E-state index in [-0.39, 0.29) is 34.8 Å². The van der Waals surface area contributed by atoms with Crippen LogP contribution in [0.4, 0.5) is 0 Å². The highest BCUT2D eigenvalue weighted by molar-refractivity contribution is 6.33. The van der Waals surface area contributed by atoms with Gasteiger partial charge >= 0.3 is 0 Å². The van der Waals surface area contributed by atoms with Crippen LogP contribution in [0.5, 0.6) is 11.5 Å². The number of aromatic hydroxyl groups is 2. The predicted molar refractivity (Wildman–Crippen MR) is 91.6 cm³/mol. The van der Waals surface area contributed by atoms with Crippen LogP contribution in [0.15, 0.2) is 30.3 Å². The molecule has 0 aliphatic carbocycles. The van der Waals surface area contributed by atoms with E-state index < -0.39 is 0 Å². The van der Waals surface area contributed by atoms with Crippen molar-refractivity contribution in [3.05, 3.63) is 57.6 Å². The van der Waals surface area contributed by atoms with E-state index in [1.54, 1.807) is 0 Å². The first-order valence-electron chi connectivity index (χ1n) is 7.09.